The Morgan fingerprint density at radius 2 is 1.66 bits per heavy atom. The van der Waals surface area contributed by atoms with Gasteiger partial charge in [-0.25, -0.2) is 4.79 Å². The highest BCUT2D eigenvalue weighted by Crippen LogP contribution is 2.61. The van der Waals surface area contributed by atoms with Gasteiger partial charge in [0.2, 0.25) is 0 Å². The first-order valence-corrected chi connectivity index (χ1v) is 10.8. The van der Waals surface area contributed by atoms with Gasteiger partial charge in [-0.1, -0.05) is 30.3 Å². The maximum absolute atomic E-state index is 12.0. The number of phenolic OH excluding ortho intramolecular Hbond substituents is 1. The van der Waals surface area contributed by atoms with Gasteiger partial charge in [-0.3, -0.25) is 0 Å². The summed E-state index contributed by atoms with van der Waals surface area (Å²) in [5.41, 5.74) is 3.04. The van der Waals surface area contributed by atoms with Crippen molar-refractivity contribution in [2.45, 2.75) is 50.4 Å². The third-order valence-corrected chi connectivity index (χ3v) is 7.30. The van der Waals surface area contributed by atoms with Gasteiger partial charge in [0, 0.05) is 5.56 Å². The number of phenols is 1. The molecule has 4 aliphatic rings. The van der Waals surface area contributed by atoms with Crippen molar-refractivity contribution in [3.05, 3.63) is 77.6 Å². The van der Waals surface area contributed by atoms with Crippen LogP contribution < -0.4 is 0 Å². The number of hydrogen-bond acceptors (Lipinski definition) is 3. The van der Waals surface area contributed by atoms with E-state index in [1.165, 1.54) is 44.8 Å². The Kier molecular flexibility index (Phi) is 4.69. The van der Waals surface area contributed by atoms with Gasteiger partial charge in [0.15, 0.2) is 0 Å². The summed E-state index contributed by atoms with van der Waals surface area (Å²) >= 11 is 0. The van der Waals surface area contributed by atoms with Crippen LogP contribution in [0, 0.1) is 17.8 Å². The molecule has 150 valence electrons. The van der Waals surface area contributed by atoms with Gasteiger partial charge in [0.1, 0.15) is 5.75 Å². The van der Waals surface area contributed by atoms with Crippen LogP contribution in [0.3, 0.4) is 0 Å². The molecule has 2 aromatic rings. The Morgan fingerprint density at radius 3 is 2.31 bits per heavy atom. The molecule has 0 saturated heterocycles. The van der Waals surface area contributed by atoms with Gasteiger partial charge in [0.25, 0.3) is 0 Å². The van der Waals surface area contributed by atoms with Crippen molar-refractivity contribution >= 4 is 5.97 Å². The monoisotopic (exact) mass is 388 g/mol. The lowest BCUT2D eigenvalue weighted by atomic mass is 9.48. The van der Waals surface area contributed by atoms with E-state index >= 15 is 0 Å². The molecular formula is C26H28O3. The number of carbonyl (C=O) groups excluding carboxylic acids is 1. The summed E-state index contributed by atoms with van der Waals surface area (Å²) in [5.74, 6) is 2.65. The summed E-state index contributed by atoms with van der Waals surface area (Å²) in [4.78, 5) is 12.0. The van der Waals surface area contributed by atoms with Crippen LogP contribution in [0.1, 0.15) is 60.0 Å². The number of rotatable bonds is 5. The highest BCUT2D eigenvalue weighted by Gasteiger charge is 2.52. The van der Waals surface area contributed by atoms with Gasteiger partial charge < -0.3 is 9.84 Å². The number of carbonyl (C=O) groups is 1. The molecule has 0 amide bonds. The number of esters is 1. The Hall–Kier alpha value is -2.55. The molecule has 4 aliphatic carbocycles. The van der Waals surface area contributed by atoms with E-state index in [1.54, 1.807) is 12.1 Å². The van der Waals surface area contributed by atoms with Gasteiger partial charge in [0.05, 0.1) is 11.8 Å². The van der Waals surface area contributed by atoms with Crippen LogP contribution in [0.15, 0.2) is 60.9 Å². The molecule has 6 rings (SSSR count). The Morgan fingerprint density at radius 1 is 1.00 bits per heavy atom. The number of allylic oxidation sites excluding steroid dienone is 1. The second kappa shape index (κ2) is 7.37. The van der Waals surface area contributed by atoms with Crippen LogP contribution in [0.5, 0.6) is 5.75 Å². The number of ether oxygens (including phenoxy) is 1. The fraction of sp³-hybridized carbons (Fsp3) is 0.423. The summed E-state index contributed by atoms with van der Waals surface area (Å²) in [6.07, 6.45) is 11.9. The Labute approximate surface area is 172 Å². The van der Waals surface area contributed by atoms with Gasteiger partial charge in [-0.15, -0.1) is 0 Å². The van der Waals surface area contributed by atoms with Crippen LogP contribution in [0.4, 0.5) is 0 Å². The first kappa shape index (κ1) is 18.5. The Bertz CT molecular complexity index is 893. The van der Waals surface area contributed by atoms with Gasteiger partial charge >= 0.3 is 5.97 Å². The zero-order valence-corrected chi connectivity index (χ0v) is 16.7. The fourth-order valence-corrected chi connectivity index (χ4v) is 6.51. The lowest BCUT2D eigenvalue weighted by molar-refractivity contribution is -0.00616. The van der Waals surface area contributed by atoms with E-state index in [-0.39, 0.29) is 11.4 Å². The molecule has 4 fully saturated rings. The highest BCUT2D eigenvalue weighted by atomic mass is 16.5. The minimum atomic E-state index is -0.346. The molecule has 0 unspecified atom stereocenters. The normalized spacial score (nSPS) is 30.0. The average Bonchev–Trinajstić information content (AvgIpc) is 2.71. The van der Waals surface area contributed by atoms with Crippen LogP contribution in [-0.2, 0) is 16.6 Å². The minimum absolute atomic E-state index is 0.179. The van der Waals surface area contributed by atoms with Crippen LogP contribution >= 0.6 is 0 Å². The van der Waals surface area contributed by atoms with E-state index in [0.29, 0.717) is 17.7 Å². The largest absolute Gasteiger partial charge is 0.508 e. The van der Waals surface area contributed by atoms with Crippen molar-refractivity contribution in [2.24, 2.45) is 17.8 Å². The number of hydrogen-bond donors (Lipinski definition) is 1. The summed E-state index contributed by atoms with van der Waals surface area (Å²) in [5, 5.41) is 10.7. The van der Waals surface area contributed by atoms with Crippen molar-refractivity contribution in [1.82, 2.24) is 0 Å². The first-order chi connectivity index (χ1) is 14.1. The number of benzene rings is 2. The molecule has 1 N–H and O–H groups in total. The van der Waals surface area contributed by atoms with Crippen molar-refractivity contribution in [2.75, 3.05) is 0 Å². The maximum atomic E-state index is 12.0. The first-order valence-electron chi connectivity index (χ1n) is 10.8. The van der Waals surface area contributed by atoms with Gasteiger partial charge in [-0.05, 0) is 98.0 Å². The molecule has 3 nitrogen and oxygen atoms in total. The molecule has 0 heterocycles. The molecule has 4 bridgehead atoms. The summed E-state index contributed by atoms with van der Waals surface area (Å²) in [6, 6.07) is 15.0. The topological polar surface area (TPSA) is 46.5 Å². The third kappa shape index (κ3) is 3.59. The van der Waals surface area contributed by atoms with Crippen molar-refractivity contribution in [3.8, 4) is 5.75 Å². The van der Waals surface area contributed by atoms with Crippen LogP contribution in [-0.4, -0.2) is 11.1 Å². The maximum Gasteiger partial charge on any atom is 0.342 e. The fourth-order valence-electron chi connectivity index (χ4n) is 6.51. The smallest absolute Gasteiger partial charge is 0.342 e. The molecule has 0 atom stereocenters. The molecule has 0 aromatic heterocycles. The molecular weight excluding hydrogens is 360 g/mol. The van der Waals surface area contributed by atoms with E-state index < -0.39 is 0 Å². The van der Waals surface area contributed by atoms with E-state index in [0.717, 1.165) is 28.9 Å². The van der Waals surface area contributed by atoms with Crippen molar-refractivity contribution in [1.29, 1.82) is 0 Å². The summed E-state index contributed by atoms with van der Waals surface area (Å²) < 4.78 is 5.24. The van der Waals surface area contributed by atoms with E-state index in [1.807, 2.05) is 36.4 Å². The van der Waals surface area contributed by atoms with Crippen LogP contribution in [0.2, 0.25) is 0 Å². The van der Waals surface area contributed by atoms with Crippen molar-refractivity contribution < 1.29 is 14.6 Å². The third-order valence-electron chi connectivity index (χ3n) is 7.30. The molecule has 0 spiro atoms. The molecule has 2 aromatic carbocycles. The van der Waals surface area contributed by atoms with E-state index in [9.17, 15) is 9.90 Å². The molecule has 29 heavy (non-hydrogen) atoms. The second-order valence-corrected chi connectivity index (χ2v) is 9.40. The second-order valence-electron chi connectivity index (χ2n) is 9.40. The summed E-state index contributed by atoms with van der Waals surface area (Å²) in [7, 11) is 0. The van der Waals surface area contributed by atoms with Gasteiger partial charge in [-0.2, -0.15) is 0 Å². The molecule has 0 aliphatic heterocycles. The lowest BCUT2D eigenvalue weighted by Gasteiger charge is -2.57. The minimum Gasteiger partial charge on any atom is -0.508 e. The molecule has 4 saturated carbocycles. The molecule has 0 radical (unpaired) electrons. The van der Waals surface area contributed by atoms with E-state index in [4.69, 9.17) is 4.74 Å². The van der Waals surface area contributed by atoms with Crippen molar-refractivity contribution in [3.63, 3.8) is 0 Å². The highest BCUT2D eigenvalue weighted by molar-refractivity contribution is 5.89. The summed E-state index contributed by atoms with van der Waals surface area (Å²) in [6.45, 7) is 0. The standard InChI is InChI=1S/C26H28O3/c27-24-9-8-18(5-4-10-29-25(28)22-6-2-1-3-7-22)14-23(24)26-15-19-11-20(16-26)13-21(12-19)17-26/h1-4,6-10,14,19-21,27H,5,11-13,15-17H2. The zero-order valence-electron chi connectivity index (χ0n) is 16.7. The van der Waals surface area contributed by atoms with Crippen LogP contribution in [0.25, 0.3) is 0 Å². The zero-order chi connectivity index (χ0) is 19.8. The average molecular weight is 389 g/mol. The lowest BCUT2D eigenvalue weighted by Crippen LogP contribution is -2.48. The Balaban J connectivity index is 1.28. The van der Waals surface area contributed by atoms with E-state index in [2.05, 4.69) is 6.07 Å². The molecule has 3 heteroatoms. The SMILES string of the molecule is O=C(OC=CCc1ccc(O)c(C23CC4CC(CC(C4)C2)C3)c1)c1ccccc1. The predicted molar refractivity (Wildman–Crippen MR) is 113 cm³/mol. The predicted octanol–water partition coefficient (Wildman–Crippen LogP) is 5.77. The quantitative estimate of drug-likeness (QED) is 0.522. The number of aromatic hydroxyl groups is 1.